The smallest absolute Gasteiger partial charge is 0.219 e. The van der Waals surface area contributed by atoms with Crippen LogP contribution in [-0.2, 0) is 4.79 Å². The highest BCUT2D eigenvalue weighted by Gasteiger charge is 2.28. The highest BCUT2D eigenvalue weighted by molar-refractivity contribution is 6.38. The predicted molar refractivity (Wildman–Crippen MR) is 43.4 cm³/mol. The second-order valence-corrected chi connectivity index (χ2v) is 3.32. The lowest BCUT2D eigenvalue weighted by atomic mass is 9.58. The molecule has 0 radical (unpaired) electrons. The quantitative estimate of drug-likeness (QED) is 0.526. The number of carbonyl (C=O) groups is 1. The molecule has 1 aliphatic heterocycles. The number of rotatable bonds is 1. The Kier molecular flexibility index (Phi) is 2.02. The van der Waals surface area contributed by atoms with Gasteiger partial charge in [-0.2, -0.15) is 0 Å². The first-order valence-electron chi connectivity index (χ1n) is 3.97. The molecule has 1 atom stereocenters. The van der Waals surface area contributed by atoms with Gasteiger partial charge < -0.3 is 5.32 Å². The van der Waals surface area contributed by atoms with E-state index in [0.29, 0.717) is 0 Å². The normalized spacial score (nSPS) is 33.2. The van der Waals surface area contributed by atoms with E-state index in [4.69, 9.17) is 0 Å². The third-order valence-electron chi connectivity index (χ3n) is 2.35. The van der Waals surface area contributed by atoms with Crippen LogP contribution in [-0.4, -0.2) is 18.6 Å². The molecule has 1 fully saturated rings. The van der Waals surface area contributed by atoms with Gasteiger partial charge in [0.05, 0.1) is 0 Å². The Labute approximate surface area is 62.6 Å². The fraction of sp³-hybridized carbons (Fsp3) is 0.857. The van der Waals surface area contributed by atoms with Crippen molar-refractivity contribution in [2.24, 2.45) is 0 Å². The van der Waals surface area contributed by atoms with Crippen molar-refractivity contribution in [3.05, 3.63) is 0 Å². The minimum atomic E-state index is 0.0926. The summed E-state index contributed by atoms with van der Waals surface area (Å²) in [5.41, 5.74) is 0.0926. The topological polar surface area (TPSA) is 29.1 Å². The lowest BCUT2D eigenvalue weighted by molar-refractivity contribution is -0.123. The van der Waals surface area contributed by atoms with Crippen LogP contribution in [0.5, 0.6) is 0 Å². The van der Waals surface area contributed by atoms with Gasteiger partial charge in [-0.1, -0.05) is 6.82 Å². The lowest BCUT2D eigenvalue weighted by Gasteiger charge is -2.33. The molecule has 56 valence electrons. The second kappa shape index (κ2) is 2.65. The molecule has 1 unspecified atom stereocenters. The minimum absolute atomic E-state index is 0.0926. The van der Waals surface area contributed by atoms with Crippen molar-refractivity contribution >= 4 is 13.2 Å². The highest BCUT2D eigenvalue weighted by atomic mass is 16.1. The molecule has 2 nitrogen and oxygen atoms in total. The maximum Gasteiger partial charge on any atom is 0.219 e. The van der Waals surface area contributed by atoms with Crippen molar-refractivity contribution < 1.29 is 4.79 Å². The molecule has 0 saturated carbocycles. The van der Waals surface area contributed by atoms with E-state index in [0.717, 1.165) is 26.5 Å². The van der Waals surface area contributed by atoms with Gasteiger partial charge in [0.1, 0.15) is 7.28 Å². The van der Waals surface area contributed by atoms with Crippen LogP contribution in [0.25, 0.3) is 0 Å². The van der Waals surface area contributed by atoms with Gasteiger partial charge in [0.15, 0.2) is 0 Å². The molecular formula is C7H14BNO. The molecule has 0 aromatic heterocycles. The van der Waals surface area contributed by atoms with E-state index >= 15 is 0 Å². The van der Waals surface area contributed by atoms with Gasteiger partial charge in [-0.15, -0.1) is 0 Å². The number of hydrogen-bond donors (Lipinski definition) is 1. The van der Waals surface area contributed by atoms with E-state index in [9.17, 15) is 4.79 Å². The van der Waals surface area contributed by atoms with E-state index in [-0.39, 0.29) is 11.3 Å². The summed E-state index contributed by atoms with van der Waals surface area (Å²) < 4.78 is 0. The molecule has 10 heavy (non-hydrogen) atoms. The number of hydrogen-bond acceptors (Lipinski definition) is 1. The summed E-state index contributed by atoms with van der Waals surface area (Å²) in [6.45, 7) is 4.23. The first-order chi connectivity index (χ1) is 4.66. The molecule has 3 heteroatoms. The maximum atomic E-state index is 10.9. The van der Waals surface area contributed by atoms with Crippen molar-refractivity contribution in [1.82, 2.24) is 5.32 Å². The monoisotopic (exact) mass is 139 g/mol. The Morgan fingerprint density at radius 3 is 2.80 bits per heavy atom. The third-order valence-corrected chi connectivity index (χ3v) is 2.35. The van der Waals surface area contributed by atoms with Crippen LogP contribution in [0.4, 0.5) is 0 Å². The molecule has 0 spiro atoms. The zero-order valence-corrected chi connectivity index (χ0v) is 6.74. The summed E-state index contributed by atoms with van der Waals surface area (Å²) >= 11 is 0. The van der Waals surface area contributed by atoms with Crippen LogP contribution in [0.1, 0.15) is 26.2 Å². The molecule has 0 aromatic carbocycles. The summed E-state index contributed by atoms with van der Waals surface area (Å²) in [6, 6.07) is 0. The predicted octanol–water partition coefficient (Wildman–Crippen LogP) is 0.487. The molecule has 1 rings (SSSR count). The van der Waals surface area contributed by atoms with Crippen molar-refractivity contribution in [1.29, 1.82) is 0 Å². The number of nitrogens with one attached hydrogen (secondary N) is 1. The molecule has 1 aliphatic rings. The molecule has 1 heterocycles. The largest absolute Gasteiger partial charge is 0.358 e. The van der Waals surface area contributed by atoms with E-state index in [1.807, 2.05) is 0 Å². The molecule has 0 bridgehead atoms. The van der Waals surface area contributed by atoms with Crippen LogP contribution in [0, 0.1) is 0 Å². The highest BCUT2D eigenvalue weighted by Crippen LogP contribution is 2.17. The summed E-state index contributed by atoms with van der Waals surface area (Å²) in [5.74, 6) is 0.218. The molecule has 1 saturated heterocycles. The van der Waals surface area contributed by atoms with Gasteiger partial charge in [-0.3, -0.25) is 4.79 Å². The molecule has 1 N–H and O–H groups in total. The fourth-order valence-electron chi connectivity index (χ4n) is 1.37. The molecule has 0 aromatic rings. The number of carbonyl (C=O) groups excluding carboxylic acids is 1. The second-order valence-electron chi connectivity index (χ2n) is 3.32. The lowest BCUT2D eigenvalue weighted by Crippen LogP contribution is -2.52. The molecular weight excluding hydrogens is 125 g/mol. The SMILES string of the molecule is CBC1(C)CCCC(=O)N1. The van der Waals surface area contributed by atoms with Crippen LogP contribution in [0.3, 0.4) is 0 Å². The van der Waals surface area contributed by atoms with Crippen LogP contribution >= 0.6 is 0 Å². The Bertz CT molecular complexity index is 149. The van der Waals surface area contributed by atoms with Crippen molar-refractivity contribution in [3.8, 4) is 0 Å². The minimum Gasteiger partial charge on any atom is -0.358 e. The van der Waals surface area contributed by atoms with Crippen molar-refractivity contribution in [2.45, 2.75) is 38.4 Å². The Hall–Kier alpha value is -0.465. The Morgan fingerprint density at radius 1 is 1.70 bits per heavy atom. The number of amides is 1. The summed E-state index contributed by atoms with van der Waals surface area (Å²) in [7, 11) is 1.04. The summed E-state index contributed by atoms with van der Waals surface area (Å²) in [4.78, 5) is 10.9. The number of piperidine rings is 1. The van der Waals surface area contributed by atoms with E-state index in [2.05, 4.69) is 19.1 Å². The first kappa shape index (κ1) is 7.64. The van der Waals surface area contributed by atoms with Gasteiger partial charge in [0.25, 0.3) is 0 Å². The van der Waals surface area contributed by atoms with Crippen molar-refractivity contribution in [2.75, 3.05) is 0 Å². The van der Waals surface area contributed by atoms with Gasteiger partial charge in [0.2, 0.25) is 5.91 Å². The zero-order chi connectivity index (χ0) is 7.61. The standard InChI is InChI=1S/C7H14BNO/c1-7(8-2)5-3-4-6(10)9-7/h8H,3-5H2,1-2H3,(H,9,10). The van der Waals surface area contributed by atoms with Crippen molar-refractivity contribution in [3.63, 3.8) is 0 Å². The fourth-order valence-corrected chi connectivity index (χ4v) is 1.37. The third kappa shape index (κ3) is 1.52. The van der Waals surface area contributed by atoms with Crippen LogP contribution < -0.4 is 5.32 Å². The van der Waals surface area contributed by atoms with E-state index < -0.39 is 0 Å². The average molecular weight is 139 g/mol. The first-order valence-corrected chi connectivity index (χ1v) is 3.97. The van der Waals surface area contributed by atoms with E-state index in [1.165, 1.54) is 0 Å². The Balaban J connectivity index is 2.53. The van der Waals surface area contributed by atoms with E-state index in [1.54, 1.807) is 0 Å². The Morgan fingerprint density at radius 2 is 2.40 bits per heavy atom. The molecule has 1 amide bonds. The maximum absolute atomic E-state index is 10.9. The van der Waals surface area contributed by atoms with Gasteiger partial charge in [-0.05, 0) is 19.8 Å². The van der Waals surface area contributed by atoms with Gasteiger partial charge >= 0.3 is 0 Å². The summed E-state index contributed by atoms with van der Waals surface area (Å²) in [5, 5.41) is 3.00. The van der Waals surface area contributed by atoms with Crippen LogP contribution in [0.2, 0.25) is 6.82 Å². The van der Waals surface area contributed by atoms with Gasteiger partial charge in [-0.25, -0.2) is 0 Å². The summed E-state index contributed by atoms with van der Waals surface area (Å²) in [6.07, 6.45) is 2.90. The zero-order valence-electron chi connectivity index (χ0n) is 6.74. The molecule has 0 aliphatic carbocycles. The van der Waals surface area contributed by atoms with Crippen LogP contribution in [0.15, 0.2) is 0 Å². The average Bonchev–Trinajstić information content (AvgIpc) is 1.88. The van der Waals surface area contributed by atoms with Gasteiger partial charge in [0, 0.05) is 11.9 Å².